The molecule has 5 heteroatoms. The maximum Gasteiger partial charge on any atom is 0.237 e. The molecule has 0 bridgehead atoms. The van der Waals surface area contributed by atoms with E-state index >= 15 is 0 Å². The van der Waals surface area contributed by atoms with E-state index in [0.29, 0.717) is 18.9 Å². The first-order chi connectivity index (χ1) is 17.4. The summed E-state index contributed by atoms with van der Waals surface area (Å²) >= 11 is 0. The van der Waals surface area contributed by atoms with Crippen LogP contribution in [0.4, 0.5) is 0 Å². The van der Waals surface area contributed by atoms with Gasteiger partial charge in [-0.1, -0.05) is 102 Å². The predicted octanol–water partition coefficient (Wildman–Crippen LogP) is 5.83. The van der Waals surface area contributed by atoms with Gasteiger partial charge in [0.05, 0.1) is 6.04 Å². The lowest BCUT2D eigenvalue weighted by molar-refractivity contribution is -0.123. The molecule has 0 aliphatic rings. The minimum atomic E-state index is -0.415. The van der Waals surface area contributed by atoms with Crippen molar-refractivity contribution in [1.82, 2.24) is 10.6 Å². The number of aromatic hydroxyl groups is 1. The molecule has 2 aromatic carbocycles. The standard InChI is InChI=1S/C31H47N3O2/c1-5-8-15-27(32)22-33-31(36)30(20-24-16-18-28(35)19-17-24)34-29(23(4)7-3)21-26(12-6-2)25-13-10-9-11-14-25/h9-11,13-14,16-19,21,23,27,29-30,34-35H,5-8,12,15,20,22,32H2,1-4H3,(H,33,36)/b26-21-/t23-,27-,29+,30-/m0/s1. The Morgan fingerprint density at radius 1 is 1.03 bits per heavy atom. The number of unbranched alkanes of at least 4 members (excludes halogenated alkanes) is 1. The molecule has 0 fully saturated rings. The second kappa shape index (κ2) is 16.2. The van der Waals surface area contributed by atoms with E-state index in [4.69, 9.17) is 5.73 Å². The zero-order valence-electron chi connectivity index (χ0n) is 22.7. The third kappa shape index (κ3) is 10.2. The van der Waals surface area contributed by atoms with E-state index in [1.807, 2.05) is 18.2 Å². The monoisotopic (exact) mass is 493 g/mol. The lowest BCUT2D eigenvalue weighted by Crippen LogP contribution is -2.52. The molecule has 0 radical (unpaired) electrons. The van der Waals surface area contributed by atoms with Gasteiger partial charge in [-0.2, -0.15) is 0 Å². The Morgan fingerprint density at radius 2 is 1.72 bits per heavy atom. The number of amides is 1. The van der Waals surface area contributed by atoms with E-state index in [9.17, 15) is 9.90 Å². The SMILES string of the molecule is CCCC[C@H](N)CNC(=O)[C@H](Cc1ccc(O)cc1)N[C@H](/C=C(/CCC)c1ccccc1)[C@@H](C)CC. The summed E-state index contributed by atoms with van der Waals surface area (Å²) in [7, 11) is 0. The van der Waals surface area contributed by atoms with Crippen molar-refractivity contribution in [3.63, 3.8) is 0 Å². The first kappa shape index (κ1) is 29.6. The number of phenolic OH excluding ortho intramolecular Hbond substituents is 1. The second-order valence-corrected chi connectivity index (χ2v) is 9.96. The van der Waals surface area contributed by atoms with Crippen LogP contribution in [0.15, 0.2) is 60.7 Å². The van der Waals surface area contributed by atoms with Crippen molar-refractivity contribution in [2.75, 3.05) is 6.54 Å². The largest absolute Gasteiger partial charge is 0.508 e. The van der Waals surface area contributed by atoms with Gasteiger partial charge in [0, 0.05) is 18.6 Å². The van der Waals surface area contributed by atoms with Crippen LogP contribution in [0, 0.1) is 5.92 Å². The van der Waals surface area contributed by atoms with Gasteiger partial charge in [0.2, 0.25) is 5.91 Å². The number of carbonyl (C=O) groups excluding carboxylic acids is 1. The number of benzene rings is 2. The van der Waals surface area contributed by atoms with E-state index in [2.05, 4.69) is 68.7 Å². The predicted molar refractivity (Wildman–Crippen MR) is 152 cm³/mol. The molecule has 5 nitrogen and oxygen atoms in total. The van der Waals surface area contributed by atoms with Crippen LogP contribution in [0.2, 0.25) is 0 Å². The zero-order valence-corrected chi connectivity index (χ0v) is 22.7. The molecular formula is C31H47N3O2. The van der Waals surface area contributed by atoms with Crippen LogP contribution in [0.1, 0.15) is 77.3 Å². The zero-order chi connectivity index (χ0) is 26.3. The number of hydrogen-bond donors (Lipinski definition) is 4. The molecule has 2 rings (SSSR count). The fraction of sp³-hybridized carbons (Fsp3) is 0.516. The van der Waals surface area contributed by atoms with E-state index in [1.54, 1.807) is 12.1 Å². The molecule has 4 atom stereocenters. The molecule has 2 aromatic rings. The fourth-order valence-corrected chi connectivity index (χ4v) is 4.34. The molecule has 0 spiro atoms. The highest BCUT2D eigenvalue weighted by Crippen LogP contribution is 2.23. The molecule has 0 heterocycles. The summed E-state index contributed by atoms with van der Waals surface area (Å²) in [6.45, 7) is 9.25. The average molecular weight is 494 g/mol. The molecule has 0 saturated carbocycles. The Balaban J connectivity index is 2.30. The molecule has 198 valence electrons. The van der Waals surface area contributed by atoms with Gasteiger partial charge in [-0.3, -0.25) is 10.1 Å². The Bertz CT molecular complexity index is 911. The summed E-state index contributed by atoms with van der Waals surface area (Å²) in [5.74, 6) is 0.540. The van der Waals surface area contributed by atoms with Crippen molar-refractivity contribution >= 4 is 11.5 Å². The van der Waals surface area contributed by atoms with E-state index in [0.717, 1.165) is 44.1 Å². The highest BCUT2D eigenvalue weighted by atomic mass is 16.3. The Labute approximate surface area is 218 Å². The van der Waals surface area contributed by atoms with Crippen LogP contribution in [0.25, 0.3) is 5.57 Å². The number of phenols is 1. The van der Waals surface area contributed by atoms with Gasteiger partial charge in [-0.05, 0) is 54.0 Å². The summed E-state index contributed by atoms with van der Waals surface area (Å²) in [5.41, 5.74) is 9.78. The molecular weight excluding hydrogens is 446 g/mol. The molecule has 0 aromatic heterocycles. The number of allylic oxidation sites excluding steroid dienone is 1. The van der Waals surface area contributed by atoms with Gasteiger partial charge in [0.1, 0.15) is 5.75 Å². The molecule has 1 amide bonds. The van der Waals surface area contributed by atoms with Gasteiger partial charge in [-0.25, -0.2) is 0 Å². The van der Waals surface area contributed by atoms with Crippen molar-refractivity contribution < 1.29 is 9.90 Å². The van der Waals surface area contributed by atoms with Gasteiger partial charge < -0.3 is 16.2 Å². The van der Waals surface area contributed by atoms with Gasteiger partial charge >= 0.3 is 0 Å². The van der Waals surface area contributed by atoms with E-state index in [1.165, 1.54) is 11.1 Å². The maximum absolute atomic E-state index is 13.4. The first-order valence-electron chi connectivity index (χ1n) is 13.7. The molecule has 36 heavy (non-hydrogen) atoms. The summed E-state index contributed by atoms with van der Waals surface area (Å²) in [5, 5.41) is 16.5. The minimum absolute atomic E-state index is 0.0338. The summed E-state index contributed by atoms with van der Waals surface area (Å²) in [4.78, 5) is 13.4. The molecule has 0 aliphatic carbocycles. The molecule has 5 N–H and O–H groups in total. The van der Waals surface area contributed by atoms with Crippen LogP contribution < -0.4 is 16.4 Å². The average Bonchev–Trinajstić information content (AvgIpc) is 2.90. The first-order valence-corrected chi connectivity index (χ1v) is 13.7. The lowest BCUT2D eigenvalue weighted by atomic mass is 9.91. The van der Waals surface area contributed by atoms with Crippen molar-refractivity contribution in [3.8, 4) is 5.75 Å². The van der Waals surface area contributed by atoms with Crippen LogP contribution in [-0.2, 0) is 11.2 Å². The van der Waals surface area contributed by atoms with Crippen LogP contribution in [-0.4, -0.2) is 35.7 Å². The Morgan fingerprint density at radius 3 is 2.33 bits per heavy atom. The quantitative estimate of drug-likeness (QED) is 0.237. The number of carbonyl (C=O) groups is 1. The molecule has 0 saturated heterocycles. The second-order valence-electron chi connectivity index (χ2n) is 9.96. The van der Waals surface area contributed by atoms with E-state index < -0.39 is 6.04 Å². The smallest absolute Gasteiger partial charge is 0.237 e. The maximum atomic E-state index is 13.4. The topological polar surface area (TPSA) is 87.4 Å². The molecule has 0 unspecified atom stereocenters. The lowest BCUT2D eigenvalue weighted by Gasteiger charge is -2.29. The highest BCUT2D eigenvalue weighted by Gasteiger charge is 2.25. The Hall–Kier alpha value is -2.63. The normalized spacial score (nSPS) is 15.2. The fourth-order valence-electron chi connectivity index (χ4n) is 4.34. The summed E-state index contributed by atoms with van der Waals surface area (Å²) in [6.07, 6.45) is 8.97. The van der Waals surface area contributed by atoms with Gasteiger partial charge in [0.15, 0.2) is 0 Å². The van der Waals surface area contributed by atoms with Crippen molar-refractivity contribution in [2.24, 2.45) is 11.7 Å². The van der Waals surface area contributed by atoms with Crippen molar-refractivity contribution in [1.29, 1.82) is 0 Å². The van der Waals surface area contributed by atoms with Crippen molar-refractivity contribution in [3.05, 3.63) is 71.8 Å². The van der Waals surface area contributed by atoms with E-state index in [-0.39, 0.29) is 23.7 Å². The number of hydrogen-bond acceptors (Lipinski definition) is 4. The van der Waals surface area contributed by atoms with Crippen LogP contribution in [0.5, 0.6) is 5.75 Å². The number of rotatable bonds is 16. The Kier molecular flexibility index (Phi) is 13.3. The third-order valence-electron chi connectivity index (χ3n) is 6.85. The van der Waals surface area contributed by atoms with Crippen LogP contribution >= 0.6 is 0 Å². The van der Waals surface area contributed by atoms with Gasteiger partial charge in [-0.15, -0.1) is 0 Å². The van der Waals surface area contributed by atoms with Gasteiger partial charge in [0.25, 0.3) is 0 Å². The summed E-state index contributed by atoms with van der Waals surface area (Å²) in [6, 6.07) is 17.2. The number of nitrogens with two attached hydrogens (primary N) is 1. The molecule has 0 aliphatic heterocycles. The number of nitrogens with one attached hydrogen (secondary N) is 2. The summed E-state index contributed by atoms with van der Waals surface area (Å²) < 4.78 is 0. The highest BCUT2D eigenvalue weighted by molar-refractivity contribution is 5.82. The van der Waals surface area contributed by atoms with Crippen molar-refractivity contribution in [2.45, 2.75) is 90.8 Å². The minimum Gasteiger partial charge on any atom is -0.508 e. The van der Waals surface area contributed by atoms with Crippen LogP contribution in [0.3, 0.4) is 0 Å². The third-order valence-corrected chi connectivity index (χ3v) is 6.85.